The molecule has 1 unspecified atom stereocenters. The number of hydrogen-bond acceptors (Lipinski definition) is 4. The van der Waals surface area contributed by atoms with Crippen molar-refractivity contribution in [3.8, 4) is 5.75 Å². The molecular formula is C17H18FNO5S. The molecule has 2 aromatic carbocycles. The maximum absolute atomic E-state index is 13.2. The molecule has 25 heavy (non-hydrogen) atoms. The Bertz CT molecular complexity index is 852. The van der Waals surface area contributed by atoms with E-state index in [1.807, 2.05) is 0 Å². The zero-order valence-electron chi connectivity index (χ0n) is 13.7. The molecular weight excluding hydrogens is 349 g/mol. The van der Waals surface area contributed by atoms with E-state index in [2.05, 4.69) is 0 Å². The molecule has 0 spiro atoms. The lowest BCUT2D eigenvalue weighted by atomic mass is 10.0. The standard InChI is InChI=1S/C17H18FNO5S/c1-24-16-6-4-3-5-12(16)11-15(17(20)21)19(25(2,22)23)14-9-7-13(18)8-10-14/h3-10,15H,11H2,1-2H3,(H,20,21). The molecule has 134 valence electrons. The fourth-order valence-corrected chi connectivity index (χ4v) is 3.67. The van der Waals surface area contributed by atoms with E-state index in [0.29, 0.717) is 11.3 Å². The maximum Gasteiger partial charge on any atom is 0.327 e. The van der Waals surface area contributed by atoms with Crippen molar-refractivity contribution in [3.05, 3.63) is 59.9 Å². The normalized spacial score (nSPS) is 12.4. The molecule has 0 aliphatic rings. The van der Waals surface area contributed by atoms with Crippen LogP contribution in [-0.4, -0.2) is 38.9 Å². The van der Waals surface area contributed by atoms with Crippen LogP contribution in [0.3, 0.4) is 0 Å². The second-order valence-corrected chi connectivity index (χ2v) is 7.26. The van der Waals surface area contributed by atoms with Gasteiger partial charge in [0.2, 0.25) is 10.0 Å². The number of carboxylic acid groups (broad SMARTS) is 1. The molecule has 0 bridgehead atoms. The van der Waals surface area contributed by atoms with Gasteiger partial charge in [-0.15, -0.1) is 0 Å². The molecule has 0 aromatic heterocycles. The Morgan fingerprint density at radius 3 is 2.32 bits per heavy atom. The van der Waals surface area contributed by atoms with Gasteiger partial charge in [0.05, 0.1) is 19.1 Å². The number of carboxylic acids is 1. The molecule has 0 aliphatic carbocycles. The minimum atomic E-state index is -3.93. The summed E-state index contributed by atoms with van der Waals surface area (Å²) in [5.41, 5.74) is 0.624. The van der Waals surface area contributed by atoms with Gasteiger partial charge in [-0.3, -0.25) is 4.31 Å². The second-order valence-electron chi connectivity index (χ2n) is 5.41. The Morgan fingerprint density at radius 2 is 1.80 bits per heavy atom. The largest absolute Gasteiger partial charge is 0.496 e. The lowest BCUT2D eigenvalue weighted by molar-refractivity contribution is -0.138. The predicted octanol–water partition coefficient (Wildman–Crippen LogP) is 2.30. The van der Waals surface area contributed by atoms with Crippen LogP contribution in [0.1, 0.15) is 5.56 Å². The van der Waals surface area contributed by atoms with E-state index in [1.54, 1.807) is 24.3 Å². The predicted molar refractivity (Wildman–Crippen MR) is 91.8 cm³/mol. The highest BCUT2D eigenvalue weighted by Crippen LogP contribution is 2.26. The molecule has 0 fully saturated rings. The number of ether oxygens (including phenoxy) is 1. The summed E-state index contributed by atoms with van der Waals surface area (Å²) < 4.78 is 43.6. The summed E-state index contributed by atoms with van der Waals surface area (Å²) in [6.07, 6.45) is 0.804. The van der Waals surface area contributed by atoms with Crippen molar-refractivity contribution >= 4 is 21.7 Å². The van der Waals surface area contributed by atoms with Crippen LogP contribution in [0, 0.1) is 5.82 Å². The second kappa shape index (κ2) is 7.52. The monoisotopic (exact) mass is 367 g/mol. The van der Waals surface area contributed by atoms with E-state index in [-0.39, 0.29) is 12.1 Å². The number of methoxy groups -OCH3 is 1. The van der Waals surface area contributed by atoms with Crippen molar-refractivity contribution in [2.45, 2.75) is 12.5 Å². The minimum Gasteiger partial charge on any atom is -0.496 e. The molecule has 1 N–H and O–H groups in total. The number of benzene rings is 2. The molecule has 1 atom stereocenters. The highest BCUT2D eigenvalue weighted by Gasteiger charge is 2.33. The Hall–Kier alpha value is -2.61. The Morgan fingerprint density at radius 1 is 1.20 bits per heavy atom. The summed E-state index contributed by atoms with van der Waals surface area (Å²) in [6, 6.07) is 9.98. The highest BCUT2D eigenvalue weighted by molar-refractivity contribution is 7.92. The van der Waals surface area contributed by atoms with Gasteiger partial charge in [0.1, 0.15) is 17.6 Å². The van der Waals surface area contributed by atoms with Crippen LogP contribution in [0.5, 0.6) is 5.75 Å². The zero-order valence-corrected chi connectivity index (χ0v) is 14.5. The maximum atomic E-state index is 13.2. The van der Waals surface area contributed by atoms with Gasteiger partial charge in [-0.2, -0.15) is 0 Å². The number of carbonyl (C=O) groups is 1. The van der Waals surface area contributed by atoms with Gasteiger partial charge in [0, 0.05) is 6.42 Å². The van der Waals surface area contributed by atoms with Gasteiger partial charge in [0.15, 0.2) is 0 Å². The molecule has 0 amide bonds. The van der Waals surface area contributed by atoms with Crippen LogP contribution in [-0.2, 0) is 21.2 Å². The summed E-state index contributed by atoms with van der Waals surface area (Å²) in [6.45, 7) is 0. The average molecular weight is 367 g/mol. The summed E-state index contributed by atoms with van der Waals surface area (Å²) in [5, 5.41) is 9.63. The van der Waals surface area contributed by atoms with Crippen molar-refractivity contribution in [3.63, 3.8) is 0 Å². The quantitative estimate of drug-likeness (QED) is 0.812. The number of aliphatic carboxylic acids is 1. The van der Waals surface area contributed by atoms with Crippen LogP contribution in [0.2, 0.25) is 0 Å². The topological polar surface area (TPSA) is 83.9 Å². The first-order valence-electron chi connectivity index (χ1n) is 7.33. The van der Waals surface area contributed by atoms with Crippen molar-refractivity contribution in [1.29, 1.82) is 0 Å². The van der Waals surface area contributed by atoms with E-state index in [1.165, 1.54) is 19.2 Å². The molecule has 0 aliphatic heterocycles. The number of halogens is 1. The number of anilines is 1. The number of hydrogen-bond donors (Lipinski definition) is 1. The minimum absolute atomic E-state index is 0.0752. The van der Waals surface area contributed by atoms with E-state index in [9.17, 15) is 22.7 Å². The number of nitrogens with zero attached hydrogens (tertiary/aromatic N) is 1. The van der Waals surface area contributed by atoms with Crippen molar-refractivity contribution in [2.75, 3.05) is 17.7 Å². The van der Waals surface area contributed by atoms with Gasteiger partial charge in [-0.25, -0.2) is 17.6 Å². The SMILES string of the molecule is COc1ccccc1CC(C(=O)O)N(c1ccc(F)cc1)S(C)(=O)=O. The fraction of sp³-hybridized carbons (Fsp3) is 0.235. The molecule has 2 rings (SSSR count). The van der Waals surface area contributed by atoms with Gasteiger partial charge >= 0.3 is 5.97 Å². The average Bonchev–Trinajstić information content (AvgIpc) is 2.55. The molecule has 6 nitrogen and oxygen atoms in total. The first kappa shape index (κ1) is 18.7. The Labute approximate surface area is 145 Å². The van der Waals surface area contributed by atoms with E-state index in [4.69, 9.17) is 4.74 Å². The van der Waals surface area contributed by atoms with Crippen LogP contribution >= 0.6 is 0 Å². The van der Waals surface area contributed by atoms with Crippen LogP contribution in [0.4, 0.5) is 10.1 Å². The zero-order chi connectivity index (χ0) is 18.6. The van der Waals surface area contributed by atoms with Crippen LogP contribution in [0.15, 0.2) is 48.5 Å². The summed E-state index contributed by atoms with van der Waals surface area (Å²) >= 11 is 0. The summed E-state index contributed by atoms with van der Waals surface area (Å²) in [4.78, 5) is 11.8. The Balaban J connectivity index is 2.50. The number of rotatable bonds is 7. The third-order valence-corrected chi connectivity index (χ3v) is 4.79. The molecule has 2 aromatic rings. The lowest BCUT2D eigenvalue weighted by Gasteiger charge is -2.29. The van der Waals surface area contributed by atoms with Crippen molar-refractivity contribution < 1.29 is 27.4 Å². The molecule has 0 heterocycles. The Kier molecular flexibility index (Phi) is 5.63. The molecule has 0 radical (unpaired) electrons. The third kappa shape index (κ3) is 4.48. The molecule has 0 saturated carbocycles. The highest BCUT2D eigenvalue weighted by atomic mass is 32.2. The van der Waals surface area contributed by atoms with Crippen LogP contribution < -0.4 is 9.04 Å². The first-order chi connectivity index (χ1) is 11.7. The van der Waals surface area contributed by atoms with Crippen molar-refractivity contribution in [2.24, 2.45) is 0 Å². The van der Waals surface area contributed by atoms with E-state index < -0.39 is 27.9 Å². The van der Waals surface area contributed by atoms with Gasteiger partial charge < -0.3 is 9.84 Å². The van der Waals surface area contributed by atoms with E-state index >= 15 is 0 Å². The number of sulfonamides is 1. The third-order valence-electron chi connectivity index (χ3n) is 3.61. The number of para-hydroxylation sites is 1. The lowest BCUT2D eigenvalue weighted by Crippen LogP contribution is -2.46. The fourth-order valence-electron chi connectivity index (χ4n) is 2.54. The molecule has 0 saturated heterocycles. The van der Waals surface area contributed by atoms with Gasteiger partial charge in [0.25, 0.3) is 0 Å². The summed E-state index contributed by atoms with van der Waals surface area (Å²) in [5.74, 6) is -1.41. The summed E-state index contributed by atoms with van der Waals surface area (Å²) in [7, 11) is -2.48. The van der Waals surface area contributed by atoms with E-state index in [0.717, 1.165) is 22.7 Å². The van der Waals surface area contributed by atoms with Crippen molar-refractivity contribution in [1.82, 2.24) is 0 Å². The molecule has 8 heteroatoms. The van der Waals surface area contributed by atoms with Gasteiger partial charge in [-0.1, -0.05) is 18.2 Å². The van der Waals surface area contributed by atoms with Crippen LogP contribution in [0.25, 0.3) is 0 Å². The smallest absolute Gasteiger partial charge is 0.327 e. The first-order valence-corrected chi connectivity index (χ1v) is 9.18. The van der Waals surface area contributed by atoms with Gasteiger partial charge in [-0.05, 0) is 35.9 Å².